The van der Waals surface area contributed by atoms with Crippen LogP contribution in [-0.2, 0) is 43.2 Å². The van der Waals surface area contributed by atoms with Crippen molar-refractivity contribution < 1.29 is 33.8 Å². The lowest BCUT2D eigenvalue weighted by molar-refractivity contribution is -0.189. The van der Waals surface area contributed by atoms with Crippen molar-refractivity contribution >= 4 is 57.8 Å². The molecule has 3 aliphatic heterocycles. The van der Waals surface area contributed by atoms with E-state index in [4.69, 9.17) is 25.2 Å². The number of nitrogens with one attached hydrogen (secondary N) is 2. The fourth-order valence-electron chi connectivity index (χ4n) is 8.96. The van der Waals surface area contributed by atoms with Gasteiger partial charge in [0.1, 0.15) is 12.1 Å². The molecule has 2 saturated heterocycles. The number of ether oxygens (including phenoxy) is 2. The number of allylic oxidation sites excluding steroid dienone is 2. The number of likely N-dealkylation sites (tertiary alicyclic amines) is 1. The fraction of sp³-hybridized carbons (Fsp3) is 0.565. The number of methoxy groups -OCH3 is 1. The lowest BCUT2D eigenvalue weighted by atomic mass is 9.84. The van der Waals surface area contributed by atoms with Gasteiger partial charge in [0.05, 0.1) is 34.8 Å². The first-order valence-electron chi connectivity index (χ1n) is 21.9. The Morgan fingerprint density at radius 1 is 1.25 bits per heavy atom. The van der Waals surface area contributed by atoms with Crippen molar-refractivity contribution in [2.45, 2.75) is 117 Å². The number of cyclic esters (lactones) is 1. The molecule has 17 heteroatoms. The van der Waals surface area contributed by atoms with Crippen LogP contribution in [0, 0.1) is 11.3 Å². The van der Waals surface area contributed by atoms with Gasteiger partial charge in [-0.1, -0.05) is 46.4 Å². The number of carbonyl (C=O) groups excluding carboxylic acids is 4. The third kappa shape index (κ3) is 9.63. The van der Waals surface area contributed by atoms with E-state index in [0.717, 1.165) is 45.4 Å². The number of hydrogen-bond donors (Lipinski definition) is 4. The lowest BCUT2D eigenvalue weighted by Gasteiger charge is -2.44. The van der Waals surface area contributed by atoms with Gasteiger partial charge in [-0.2, -0.15) is 5.43 Å². The number of likely N-dealkylation sites (N-methyl/N-ethyl adjacent to an activating group) is 1. The number of nitrogens with two attached hydrogens (primary N) is 1. The maximum atomic E-state index is 14.6. The van der Waals surface area contributed by atoms with Crippen molar-refractivity contribution in [1.29, 1.82) is 0 Å². The van der Waals surface area contributed by atoms with Gasteiger partial charge in [0.25, 0.3) is 5.91 Å². The second kappa shape index (κ2) is 19.4. The summed E-state index contributed by atoms with van der Waals surface area (Å²) in [5.41, 5.74) is 11.8. The first-order valence-corrected chi connectivity index (χ1v) is 22.8. The highest BCUT2D eigenvalue weighted by molar-refractivity contribution is 7.10. The molecule has 2 fully saturated rings. The van der Waals surface area contributed by atoms with Crippen LogP contribution in [0.2, 0.25) is 0 Å². The molecule has 3 aliphatic rings. The quantitative estimate of drug-likeness (QED) is 0.117. The highest BCUT2D eigenvalue weighted by Crippen LogP contribution is 2.40. The number of aromatic nitrogens is 2. The molecule has 0 aliphatic carbocycles. The van der Waals surface area contributed by atoms with Gasteiger partial charge >= 0.3 is 12.0 Å². The van der Waals surface area contributed by atoms with Gasteiger partial charge in [-0.05, 0) is 63.6 Å². The summed E-state index contributed by atoms with van der Waals surface area (Å²) >= 11 is 1.36. The van der Waals surface area contributed by atoms with Gasteiger partial charge in [-0.25, -0.2) is 14.6 Å². The molecule has 4 amide bonds. The number of carbonyl (C=O) groups is 4. The molecule has 5 N–H and O–H groups in total. The lowest BCUT2D eigenvalue weighted by Crippen LogP contribution is -2.67. The Morgan fingerprint density at radius 3 is 2.62 bits per heavy atom. The summed E-state index contributed by atoms with van der Waals surface area (Å²) in [6.07, 6.45) is 4.74. The molecule has 63 heavy (non-hydrogen) atoms. The van der Waals surface area contributed by atoms with Gasteiger partial charge in [0, 0.05) is 98.3 Å². The number of aryl methyl sites for hydroxylation is 1. The molecule has 16 nitrogen and oxygen atoms in total. The molecule has 5 atom stereocenters. The topological polar surface area (TPSA) is 197 Å². The highest BCUT2D eigenvalue weighted by atomic mass is 32.1. The molecule has 0 saturated carbocycles. The van der Waals surface area contributed by atoms with Crippen LogP contribution in [-0.4, -0.2) is 130 Å². The van der Waals surface area contributed by atoms with E-state index in [1.807, 2.05) is 59.1 Å². The number of urea groups is 1. The number of aliphatic hydroxyl groups is 1. The Morgan fingerprint density at radius 2 is 2.00 bits per heavy atom. The number of fused-ring (bicyclic) bond motifs is 6. The van der Waals surface area contributed by atoms with E-state index in [9.17, 15) is 24.3 Å². The van der Waals surface area contributed by atoms with E-state index in [1.165, 1.54) is 21.2 Å². The second-order valence-electron chi connectivity index (χ2n) is 17.9. The van der Waals surface area contributed by atoms with Crippen LogP contribution >= 0.6 is 11.3 Å². The van der Waals surface area contributed by atoms with E-state index in [-0.39, 0.29) is 56.5 Å². The number of rotatable bonds is 11. The Bertz CT molecular complexity index is 2280. The molecule has 1 aromatic carbocycles. The summed E-state index contributed by atoms with van der Waals surface area (Å²) in [7, 11) is 3.23. The number of nitrogens with zero attached hydrogens (tertiary/aromatic N) is 6. The number of esters is 1. The first kappa shape index (κ1) is 47.5. The van der Waals surface area contributed by atoms with Crippen molar-refractivity contribution in [2.24, 2.45) is 22.1 Å². The van der Waals surface area contributed by atoms with Crippen LogP contribution in [0.25, 0.3) is 27.7 Å². The minimum absolute atomic E-state index is 0.00405. The average Bonchev–Trinajstić information content (AvgIpc) is 3.83. The minimum Gasteiger partial charge on any atom is -0.462 e. The molecular weight excluding hydrogens is 823 g/mol. The Labute approximate surface area is 374 Å². The second-order valence-corrected chi connectivity index (χ2v) is 18.8. The van der Waals surface area contributed by atoms with Crippen molar-refractivity contribution in [3.05, 3.63) is 58.2 Å². The number of hydrazine groups is 1. The number of amides is 4. The number of benzene rings is 1. The van der Waals surface area contributed by atoms with Crippen LogP contribution in [0.3, 0.4) is 0 Å². The van der Waals surface area contributed by atoms with Crippen molar-refractivity contribution in [3.8, 4) is 11.3 Å². The van der Waals surface area contributed by atoms with Crippen molar-refractivity contribution in [3.63, 3.8) is 0 Å². The number of aliphatic imine (C=N–C) groups is 1. The predicted octanol–water partition coefficient (Wildman–Crippen LogP) is 4.89. The molecule has 0 radical (unpaired) electrons. The zero-order valence-electron chi connectivity index (χ0n) is 38.2. The molecule has 2 aromatic heterocycles. The van der Waals surface area contributed by atoms with Gasteiger partial charge < -0.3 is 40.0 Å². The Hall–Kier alpha value is -4.94. The monoisotopic (exact) mass is 887 g/mol. The largest absolute Gasteiger partial charge is 0.462 e. The standard InChI is InChI=1S/C46H65N9O7S/c1-11-31(38(48-12-2)28(6)61-10)40-33-23-45(7,8)26-62-43(58)46(60)18-14-19-55(51-46)42(57)34(50-41(56)39(27(4)5)52(9)44(59)54-20-17-30(54)24-47)22-37-49-35(25-63-37)29-15-16-36(32(33)21-29)53(40)13-3/h11-12,15-16,21,25,27-28,30,34,39,51,60H,1,13-14,17-20,22-24,26,47H2,2-10H3,(H,50,56)/b38-31+,48-12?/t28-,30+,34-,39-,46-/m0/s1. The predicted molar refractivity (Wildman–Crippen MR) is 246 cm³/mol. The van der Waals surface area contributed by atoms with Gasteiger partial charge in [0.15, 0.2) is 0 Å². The van der Waals surface area contributed by atoms with E-state index < -0.39 is 41.0 Å². The summed E-state index contributed by atoms with van der Waals surface area (Å²) in [5, 5.41) is 19.4. The summed E-state index contributed by atoms with van der Waals surface area (Å²) in [4.78, 5) is 69.3. The normalized spacial score (nSPS) is 23.2. The Kier molecular flexibility index (Phi) is 14.7. The maximum Gasteiger partial charge on any atom is 0.355 e. The van der Waals surface area contributed by atoms with Crippen LogP contribution in [0.1, 0.15) is 84.0 Å². The van der Waals surface area contributed by atoms with E-state index in [1.54, 1.807) is 25.3 Å². The molecule has 6 bridgehead atoms. The van der Waals surface area contributed by atoms with Crippen LogP contribution in [0.5, 0.6) is 0 Å². The summed E-state index contributed by atoms with van der Waals surface area (Å²) < 4.78 is 14.0. The molecular formula is C46H65N9O7S. The van der Waals surface area contributed by atoms with Gasteiger partial charge in [0.2, 0.25) is 11.6 Å². The molecule has 0 unspecified atom stereocenters. The Balaban J connectivity index is 1.47. The van der Waals surface area contributed by atoms with Crippen LogP contribution in [0.4, 0.5) is 4.79 Å². The third-order valence-electron chi connectivity index (χ3n) is 12.4. The maximum absolute atomic E-state index is 14.6. The van der Waals surface area contributed by atoms with Crippen molar-refractivity contribution in [1.82, 2.24) is 35.1 Å². The van der Waals surface area contributed by atoms with E-state index in [2.05, 4.69) is 40.9 Å². The van der Waals surface area contributed by atoms with Crippen LogP contribution < -0.4 is 16.5 Å². The SMILES string of the molecule is C=C/C(=C(\N=CC)[C@H](C)OC)c1c2c3cc(ccc3n1CC)-c1csc(n1)C[C@H](NC(=O)[C@H](C(C)C)N(C)C(=O)N1CC[C@@H]1CN)C(=O)N1CCC[C@@](O)(N1)C(=O)OCC(C)(C)C2. The summed E-state index contributed by atoms with van der Waals surface area (Å²) in [5.74, 6) is -2.33. The number of thiazole rings is 1. The average molecular weight is 888 g/mol. The molecule has 5 heterocycles. The smallest absolute Gasteiger partial charge is 0.355 e. The number of hydrogen-bond acceptors (Lipinski definition) is 12. The zero-order chi connectivity index (χ0) is 46.0. The van der Waals surface area contributed by atoms with Crippen molar-refractivity contribution in [2.75, 3.05) is 40.4 Å². The van der Waals surface area contributed by atoms with E-state index >= 15 is 0 Å². The van der Waals surface area contributed by atoms with E-state index in [0.29, 0.717) is 36.8 Å². The molecule has 3 aromatic rings. The summed E-state index contributed by atoms with van der Waals surface area (Å²) in [6.45, 7) is 19.4. The molecule has 342 valence electrons. The third-order valence-corrected chi connectivity index (χ3v) is 13.3. The van der Waals surface area contributed by atoms with Crippen LogP contribution in [0.15, 0.2) is 46.9 Å². The highest BCUT2D eigenvalue weighted by Gasteiger charge is 2.46. The fourth-order valence-corrected chi connectivity index (χ4v) is 9.81. The minimum atomic E-state index is -2.22. The molecule has 0 spiro atoms. The van der Waals surface area contributed by atoms with Gasteiger partial charge in [-0.3, -0.25) is 19.6 Å². The zero-order valence-corrected chi connectivity index (χ0v) is 39.0. The first-order chi connectivity index (χ1) is 29.9. The molecule has 6 rings (SSSR count). The summed E-state index contributed by atoms with van der Waals surface area (Å²) in [6, 6.07) is 3.72. The van der Waals surface area contributed by atoms with Gasteiger partial charge in [-0.15, -0.1) is 11.3 Å².